The largest absolute Gasteiger partial charge is 0.463 e. The molecule has 2 aromatic rings. The molecule has 0 fully saturated rings. The quantitative estimate of drug-likeness (QED) is 0.853. The Morgan fingerprint density at radius 2 is 1.81 bits per heavy atom. The number of dihydropyridines is 1. The number of nitrogens with one attached hydrogen (secondary N) is 1. The third-order valence-electron chi connectivity index (χ3n) is 4.63. The van der Waals surface area contributed by atoms with Gasteiger partial charge in [0.05, 0.1) is 17.7 Å². The number of para-hydroxylation sites is 1. The lowest BCUT2D eigenvalue weighted by Crippen LogP contribution is -2.31. The van der Waals surface area contributed by atoms with Crippen molar-refractivity contribution in [2.24, 2.45) is 0 Å². The van der Waals surface area contributed by atoms with E-state index in [1.54, 1.807) is 13.1 Å². The SMILES string of the molecule is CCOC(=O)C1=C(C)NC(C)=C(C(C)=O)C1c1ccnc2ccccc12. The summed E-state index contributed by atoms with van der Waals surface area (Å²) in [6.45, 7) is 7.27. The standard InChI is InChI=1S/C21H22N2O3/c1-5-26-21(25)19-13(3)23-12(2)18(14(4)24)20(19)16-10-11-22-17-9-7-6-8-15(16)17/h6-11,20,23H,5H2,1-4H3. The van der Waals surface area contributed by atoms with Crippen LogP contribution in [0.1, 0.15) is 39.2 Å². The second kappa shape index (κ2) is 7.12. The molecule has 1 aromatic heterocycles. The van der Waals surface area contributed by atoms with Gasteiger partial charge in [-0.05, 0) is 45.4 Å². The molecule has 5 heteroatoms. The predicted molar refractivity (Wildman–Crippen MR) is 100 cm³/mol. The first-order chi connectivity index (χ1) is 12.5. The van der Waals surface area contributed by atoms with E-state index in [1.807, 2.05) is 44.2 Å². The van der Waals surface area contributed by atoms with E-state index in [-0.39, 0.29) is 12.4 Å². The van der Waals surface area contributed by atoms with Crippen molar-refractivity contribution in [3.63, 3.8) is 0 Å². The highest BCUT2D eigenvalue weighted by Crippen LogP contribution is 2.41. The van der Waals surface area contributed by atoms with E-state index in [0.717, 1.165) is 22.2 Å². The summed E-state index contributed by atoms with van der Waals surface area (Å²) in [6, 6.07) is 9.61. The van der Waals surface area contributed by atoms with Gasteiger partial charge in [0.25, 0.3) is 0 Å². The maximum Gasteiger partial charge on any atom is 0.336 e. The fourth-order valence-corrected chi connectivity index (χ4v) is 3.62. The van der Waals surface area contributed by atoms with E-state index in [2.05, 4.69) is 10.3 Å². The molecule has 0 saturated heterocycles. The highest BCUT2D eigenvalue weighted by molar-refractivity contribution is 6.03. The molecule has 0 radical (unpaired) electrons. The lowest BCUT2D eigenvalue weighted by Gasteiger charge is -2.31. The van der Waals surface area contributed by atoms with Crippen molar-refractivity contribution in [1.82, 2.24) is 10.3 Å². The Morgan fingerprint density at radius 3 is 2.50 bits per heavy atom. The van der Waals surface area contributed by atoms with Gasteiger partial charge in [-0.25, -0.2) is 4.79 Å². The number of aromatic nitrogens is 1. The first-order valence-electron chi connectivity index (χ1n) is 8.66. The van der Waals surface area contributed by atoms with Gasteiger partial charge in [0, 0.05) is 34.5 Å². The van der Waals surface area contributed by atoms with E-state index < -0.39 is 11.9 Å². The smallest absolute Gasteiger partial charge is 0.336 e. The van der Waals surface area contributed by atoms with Crippen LogP contribution in [0.5, 0.6) is 0 Å². The van der Waals surface area contributed by atoms with Crippen LogP contribution in [0.15, 0.2) is 59.1 Å². The van der Waals surface area contributed by atoms with Crippen LogP contribution in [-0.2, 0) is 14.3 Å². The number of allylic oxidation sites excluding steroid dienone is 3. The maximum atomic E-state index is 12.7. The molecule has 0 saturated carbocycles. The Bertz CT molecular complexity index is 951. The Kier molecular flexibility index (Phi) is 4.89. The van der Waals surface area contributed by atoms with Crippen LogP contribution in [0, 0.1) is 0 Å². The summed E-state index contributed by atoms with van der Waals surface area (Å²) in [5.41, 5.74) is 4.22. The van der Waals surface area contributed by atoms with Gasteiger partial charge in [0.15, 0.2) is 5.78 Å². The van der Waals surface area contributed by atoms with E-state index >= 15 is 0 Å². The molecule has 1 N–H and O–H groups in total. The fourth-order valence-electron chi connectivity index (χ4n) is 3.62. The summed E-state index contributed by atoms with van der Waals surface area (Å²) in [5, 5.41) is 4.09. The van der Waals surface area contributed by atoms with Gasteiger partial charge in [-0.3, -0.25) is 9.78 Å². The predicted octanol–water partition coefficient (Wildman–Crippen LogP) is 3.62. The minimum Gasteiger partial charge on any atom is -0.463 e. The third kappa shape index (κ3) is 3.01. The topological polar surface area (TPSA) is 68.3 Å². The number of carbonyl (C=O) groups is 2. The zero-order valence-electron chi connectivity index (χ0n) is 15.4. The van der Waals surface area contributed by atoms with E-state index in [9.17, 15) is 9.59 Å². The molecule has 1 aliphatic rings. The van der Waals surface area contributed by atoms with Crippen molar-refractivity contribution in [2.45, 2.75) is 33.6 Å². The molecule has 26 heavy (non-hydrogen) atoms. The zero-order chi connectivity index (χ0) is 18.8. The number of nitrogens with zero attached hydrogens (tertiary/aromatic N) is 1. The summed E-state index contributed by atoms with van der Waals surface area (Å²) in [7, 11) is 0. The summed E-state index contributed by atoms with van der Waals surface area (Å²) in [5.74, 6) is -0.967. The summed E-state index contributed by atoms with van der Waals surface area (Å²) >= 11 is 0. The molecule has 0 spiro atoms. The lowest BCUT2D eigenvalue weighted by molar-refractivity contribution is -0.138. The van der Waals surface area contributed by atoms with Crippen molar-refractivity contribution < 1.29 is 14.3 Å². The third-order valence-corrected chi connectivity index (χ3v) is 4.63. The molecular formula is C21H22N2O3. The summed E-state index contributed by atoms with van der Waals surface area (Å²) in [4.78, 5) is 29.6. The molecule has 3 rings (SSSR count). The Balaban J connectivity index is 2.30. The molecule has 1 aliphatic heterocycles. The first-order valence-corrected chi connectivity index (χ1v) is 8.66. The first kappa shape index (κ1) is 17.9. The number of pyridine rings is 1. The Labute approximate surface area is 152 Å². The van der Waals surface area contributed by atoms with Crippen LogP contribution in [0.3, 0.4) is 0 Å². The average molecular weight is 350 g/mol. The van der Waals surface area contributed by atoms with Crippen LogP contribution in [0.25, 0.3) is 10.9 Å². The van der Waals surface area contributed by atoms with Crippen LogP contribution in [0.4, 0.5) is 0 Å². The van der Waals surface area contributed by atoms with Crippen molar-refractivity contribution in [1.29, 1.82) is 0 Å². The second-order valence-electron chi connectivity index (χ2n) is 6.33. The zero-order valence-corrected chi connectivity index (χ0v) is 15.4. The number of Topliss-reactive ketones (excluding diaryl/α,β-unsaturated/α-hetero) is 1. The molecule has 0 bridgehead atoms. The van der Waals surface area contributed by atoms with Gasteiger partial charge in [-0.15, -0.1) is 0 Å². The number of ether oxygens (including phenoxy) is 1. The molecule has 2 heterocycles. The molecule has 0 amide bonds. The van der Waals surface area contributed by atoms with E-state index in [0.29, 0.717) is 16.8 Å². The molecule has 1 unspecified atom stereocenters. The number of fused-ring (bicyclic) bond motifs is 1. The highest BCUT2D eigenvalue weighted by atomic mass is 16.5. The Morgan fingerprint density at radius 1 is 1.12 bits per heavy atom. The van der Waals surface area contributed by atoms with Crippen LogP contribution < -0.4 is 5.32 Å². The monoisotopic (exact) mass is 350 g/mol. The minimum atomic E-state index is -0.485. The normalized spacial score (nSPS) is 17.3. The summed E-state index contributed by atoms with van der Waals surface area (Å²) in [6.07, 6.45) is 1.71. The van der Waals surface area contributed by atoms with Gasteiger partial charge >= 0.3 is 5.97 Å². The van der Waals surface area contributed by atoms with Crippen LogP contribution in [-0.4, -0.2) is 23.3 Å². The van der Waals surface area contributed by atoms with Crippen molar-refractivity contribution in [2.75, 3.05) is 6.61 Å². The molecular weight excluding hydrogens is 328 g/mol. The molecule has 0 aliphatic carbocycles. The maximum absolute atomic E-state index is 12.7. The van der Waals surface area contributed by atoms with Gasteiger partial charge in [-0.1, -0.05) is 18.2 Å². The van der Waals surface area contributed by atoms with Crippen molar-refractivity contribution in [3.05, 3.63) is 64.6 Å². The van der Waals surface area contributed by atoms with E-state index in [1.165, 1.54) is 6.92 Å². The van der Waals surface area contributed by atoms with Crippen molar-refractivity contribution >= 4 is 22.7 Å². The molecule has 1 aromatic carbocycles. The number of carbonyl (C=O) groups excluding carboxylic acids is 2. The van der Waals surface area contributed by atoms with E-state index in [4.69, 9.17) is 4.74 Å². The second-order valence-corrected chi connectivity index (χ2v) is 6.33. The molecule has 134 valence electrons. The molecule has 5 nitrogen and oxygen atoms in total. The number of benzene rings is 1. The number of hydrogen-bond acceptors (Lipinski definition) is 5. The van der Waals surface area contributed by atoms with Gasteiger partial charge in [-0.2, -0.15) is 0 Å². The van der Waals surface area contributed by atoms with Gasteiger partial charge in [0.1, 0.15) is 0 Å². The Hall–Kier alpha value is -2.95. The number of ketones is 1. The van der Waals surface area contributed by atoms with Crippen LogP contribution in [0.2, 0.25) is 0 Å². The number of rotatable bonds is 4. The summed E-state index contributed by atoms with van der Waals surface area (Å²) < 4.78 is 5.29. The number of hydrogen-bond donors (Lipinski definition) is 1. The average Bonchev–Trinajstić information content (AvgIpc) is 2.60. The van der Waals surface area contributed by atoms with Crippen LogP contribution >= 0.6 is 0 Å². The molecule has 1 atom stereocenters. The van der Waals surface area contributed by atoms with Crippen molar-refractivity contribution in [3.8, 4) is 0 Å². The number of esters is 1. The van der Waals surface area contributed by atoms with Gasteiger partial charge in [0.2, 0.25) is 0 Å². The lowest BCUT2D eigenvalue weighted by atomic mass is 9.78. The minimum absolute atomic E-state index is 0.0739. The van der Waals surface area contributed by atoms with Gasteiger partial charge < -0.3 is 10.1 Å². The highest BCUT2D eigenvalue weighted by Gasteiger charge is 2.36. The fraction of sp³-hybridized carbons (Fsp3) is 0.286.